The molecule has 0 saturated heterocycles. The van der Waals surface area contributed by atoms with Gasteiger partial charge in [0.25, 0.3) is 0 Å². The molecular weight excluding hydrogens is 298 g/mol. The predicted octanol–water partition coefficient (Wildman–Crippen LogP) is 3.43. The maximum absolute atomic E-state index is 12.4. The van der Waals surface area contributed by atoms with Crippen LogP contribution in [0.2, 0.25) is 0 Å². The van der Waals surface area contributed by atoms with Crippen molar-refractivity contribution >= 4 is 10.0 Å². The second-order valence-corrected chi connectivity index (χ2v) is 6.87. The van der Waals surface area contributed by atoms with Crippen molar-refractivity contribution in [3.8, 4) is 5.75 Å². The summed E-state index contributed by atoms with van der Waals surface area (Å²) in [6.07, 6.45) is 0. The number of rotatable bonds is 6. The lowest BCUT2D eigenvalue weighted by atomic mass is 10.1. The minimum Gasteiger partial charge on any atom is -0.494 e. The van der Waals surface area contributed by atoms with Crippen molar-refractivity contribution in [3.05, 3.63) is 59.7 Å². The quantitative estimate of drug-likeness (QED) is 0.887. The third kappa shape index (κ3) is 4.08. The van der Waals surface area contributed by atoms with Gasteiger partial charge in [0, 0.05) is 6.04 Å². The van der Waals surface area contributed by atoms with Crippen LogP contribution in [0.25, 0.3) is 0 Å². The fraction of sp³-hybridized carbons (Fsp3) is 0.294. The van der Waals surface area contributed by atoms with E-state index in [1.165, 1.54) is 0 Å². The van der Waals surface area contributed by atoms with Crippen LogP contribution < -0.4 is 9.46 Å². The van der Waals surface area contributed by atoms with Gasteiger partial charge in [-0.1, -0.05) is 29.8 Å². The molecule has 2 aromatic rings. The van der Waals surface area contributed by atoms with Gasteiger partial charge >= 0.3 is 0 Å². The number of aryl methyl sites for hydroxylation is 1. The Morgan fingerprint density at radius 2 is 1.64 bits per heavy atom. The summed E-state index contributed by atoms with van der Waals surface area (Å²) in [5.41, 5.74) is 1.91. The van der Waals surface area contributed by atoms with E-state index in [-0.39, 0.29) is 10.9 Å². The van der Waals surface area contributed by atoms with E-state index < -0.39 is 10.0 Å². The third-order valence-electron chi connectivity index (χ3n) is 3.35. The molecule has 0 saturated carbocycles. The summed E-state index contributed by atoms with van der Waals surface area (Å²) in [4.78, 5) is 0.274. The molecule has 0 aromatic heterocycles. The molecule has 118 valence electrons. The third-order valence-corrected chi connectivity index (χ3v) is 4.91. The standard InChI is InChI=1S/C17H21NO3S/c1-4-21-16-9-7-15(8-10-16)14(3)18-22(19,20)17-11-5-13(2)6-12-17/h5-12,14,18H,4H2,1-3H3. The maximum atomic E-state index is 12.4. The summed E-state index contributed by atoms with van der Waals surface area (Å²) in [6, 6.07) is 13.9. The number of benzene rings is 2. The normalized spacial score (nSPS) is 12.9. The van der Waals surface area contributed by atoms with Crippen LogP contribution in [0.5, 0.6) is 5.75 Å². The number of sulfonamides is 1. The largest absolute Gasteiger partial charge is 0.494 e. The highest BCUT2D eigenvalue weighted by Gasteiger charge is 2.18. The zero-order chi connectivity index (χ0) is 16.2. The molecular formula is C17H21NO3S. The number of hydrogen-bond donors (Lipinski definition) is 1. The molecule has 0 heterocycles. The molecule has 0 radical (unpaired) electrons. The molecule has 0 bridgehead atoms. The molecule has 0 fully saturated rings. The topological polar surface area (TPSA) is 55.4 Å². The van der Waals surface area contributed by atoms with Gasteiger partial charge < -0.3 is 4.74 Å². The molecule has 22 heavy (non-hydrogen) atoms. The van der Waals surface area contributed by atoms with E-state index in [2.05, 4.69) is 4.72 Å². The van der Waals surface area contributed by atoms with Crippen molar-refractivity contribution in [3.63, 3.8) is 0 Å². The first-order valence-electron chi connectivity index (χ1n) is 7.24. The van der Waals surface area contributed by atoms with Gasteiger partial charge in [0.1, 0.15) is 5.75 Å². The molecule has 1 unspecified atom stereocenters. The van der Waals surface area contributed by atoms with E-state index in [1.807, 2.05) is 45.0 Å². The summed E-state index contributed by atoms with van der Waals surface area (Å²) >= 11 is 0. The van der Waals surface area contributed by atoms with Gasteiger partial charge in [-0.15, -0.1) is 0 Å². The molecule has 4 nitrogen and oxygen atoms in total. The summed E-state index contributed by atoms with van der Waals surface area (Å²) in [7, 11) is -3.53. The van der Waals surface area contributed by atoms with Crippen molar-refractivity contribution in [1.29, 1.82) is 0 Å². The van der Waals surface area contributed by atoms with Gasteiger partial charge in [0.05, 0.1) is 11.5 Å². The second kappa shape index (κ2) is 6.94. The van der Waals surface area contributed by atoms with Gasteiger partial charge in [0.15, 0.2) is 0 Å². The van der Waals surface area contributed by atoms with Gasteiger partial charge in [-0.25, -0.2) is 13.1 Å². The Morgan fingerprint density at radius 3 is 2.18 bits per heavy atom. The van der Waals surface area contributed by atoms with Crippen LogP contribution in [0.3, 0.4) is 0 Å². The van der Waals surface area contributed by atoms with Crippen molar-refractivity contribution in [2.45, 2.75) is 31.7 Å². The smallest absolute Gasteiger partial charge is 0.241 e. The SMILES string of the molecule is CCOc1ccc(C(C)NS(=O)(=O)c2ccc(C)cc2)cc1. The Kier molecular flexibility index (Phi) is 5.21. The summed E-state index contributed by atoms with van der Waals surface area (Å²) < 4.78 is 32.8. The Hall–Kier alpha value is -1.85. The molecule has 0 amide bonds. The lowest BCUT2D eigenvalue weighted by Crippen LogP contribution is -2.26. The van der Waals surface area contributed by atoms with E-state index >= 15 is 0 Å². The van der Waals surface area contributed by atoms with E-state index in [4.69, 9.17) is 4.74 Å². The minimum atomic E-state index is -3.53. The predicted molar refractivity (Wildman–Crippen MR) is 87.5 cm³/mol. The van der Waals surface area contributed by atoms with Crippen molar-refractivity contribution in [2.24, 2.45) is 0 Å². The van der Waals surface area contributed by atoms with Gasteiger partial charge in [-0.2, -0.15) is 0 Å². The molecule has 1 N–H and O–H groups in total. The van der Waals surface area contributed by atoms with Crippen LogP contribution in [-0.4, -0.2) is 15.0 Å². The fourth-order valence-corrected chi connectivity index (χ4v) is 3.34. The number of nitrogens with one attached hydrogen (secondary N) is 1. The Bertz CT molecular complexity index is 707. The fourth-order valence-electron chi connectivity index (χ4n) is 2.11. The number of ether oxygens (including phenoxy) is 1. The van der Waals surface area contributed by atoms with E-state index in [0.717, 1.165) is 16.9 Å². The van der Waals surface area contributed by atoms with Crippen LogP contribution in [0.1, 0.15) is 31.0 Å². The van der Waals surface area contributed by atoms with E-state index in [9.17, 15) is 8.42 Å². The molecule has 0 aliphatic carbocycles. The van der Waals surface area contributed by atoms with Crippen LogP contribution in [-0.2, 0) is 10.0 Å². The summed E-state index contributed by atoms with van der Waals surface area (Å²) in [6.45, 7) is 6.27. The zero-order valence-corrected chi connectivity index (χ0v) is 13.9. The summed E-state index contributed by atoms with van der Waals surface area (Å²) in [5, 5.41) is 0. The molecule has 0 aliphatic heterocycles. The van der Waals surface area contributed by atoms with Crippen LogP contribution >= 0.6 is 0 Å². The molecule has 2 aromatic carbocycles. The van der Waals surface area contributed by atoms with Gasteiger partial charge in [-0.05, 0) is 50.6 Å². The molecule has 0 spiro atoms. The number of hydrogen-bond acceptors (Lipinski definition) is 3. The first-order chi connectivity index (χ1) is 10.4. The van der Waals surface area contributed by atoms with Crippen molar-refractivity contribution < 1.29 is 13.2 Å². The molecule has 5 heteroatoms. The minimum absolute atomic E-state index is 0.274. The van der Waals surface area contributed by atoms with Gasteiger partial charge in [0.2, 0.25) is 10.0 Å². The monoisotopic (exact) mass is 319 g/mol. The lowest BCUT2D eigenvalue weighted by Gasteiger charge is -2.15. The van der Waals surface area contributed by atoms with Gasteiger partial charge in [-0.3, -0.25) is 0 Å². The highest BCUT2D eigenvalue weighted by molar-refractivity contribution is 7.89. The van der Waals surface area contributed by atoms with Crippen LogP contribution in [0.4, 0.5) is 0 Å². The molecule has 1 atom stereocenters. The van der Waals surface area contributed by atoms with Crippen molar-refractivity contribution in [2.75, 3.05) is 6.61 Å². The molecule has 2 rings (SSSR count). The first-order valence-corrected chi connectivity index (χ1v) is 8.72. The highest BCUT2D eigenvalue weighted by Crippen LogP contribution is 2.20. The summed E-state index contributed by atoms with van der Waals surface area (Å²) in [5.74, 6) is 0.778. The molecule has 0 aliphatic rings. The van der Waals surface area contributed by atoms with E-state index in [0.29, 0.717) is 6.61 Å². The van der Waals surface area contributed by atoms with E-state index in [1.54, 1.807) is 24.3 Å². The maximum Gasteiger partial charge on any atom is 0.241 e. The Labute approximate surface area is 132 Å². The van der Waals surface area contributed by atoms with Crippen LogP contribution in [0.15, 0.2) is 53.4 Å². The van der Waals surface area contributed by atoms with Crippen molar-refractivity contribution in [1.82, 2.24) is 4.72 Å². The van der Waals surface area contributed by atoms with Crippen LogP contribution in [0, 0.1) is 6.92 Å². The average molecular weight is 319 g/mol. The lowest BCUT2D eigenvalue weighted by molar-refractivity contribution is 0.340. The first kappa shape index (κ1) is 16.5. The average Bonchev–Trinajstić information content (AvgIpc) is 2.48. The Morgan fingerprint density at radius 1 is 1.05 bits per heavy atom. The highest BCUT2D eigenvalue weighted by atomic mass is 32.2. The Balaban J connectivity index is 2.13. The second-order valence-electron chi connectivity index (χ2n) is 5.16. The zero-order valence-electron chi connectivity index (χ0n) is 13.0.